The summed E-state index contributed by atoms with van der Waals surface area (Å²) in [5.41, 5.74) is 2.25. The van der Waals surface area contributed by atoms with Crippen LogP contribution in [0.2, 0.25) is 0 Å². The molecule has 0 aromatic heterocycles. The Labute approximate surface area is 175 Å². The Balaban J connectivity index is 1.79. The van der Waals surface area contributed by atoms with Crippen molar-refractivity contribution in [3.05, 3.63) is 58.4 Å². The van der Waals surface area contributed by atoms with E-state index in [1.165, 1.54) is 11.6 Å². The topological polar surface area (TPSA) is 27.7 Å². The molecule has 0 radical (unpaired) electrons. The minimum Gasteiger partial charge on any atom is -0.491 e. The van der Waals surface area contributed by atoms with Gasteiger partial charge in [0.05, 0.1) is 13.2 Å². The highest BCUT2D eigenvalue weighted by Gasteiger charge is 2.29. The molecule has 6 heteroatoms. The number of benzene rings is 2. The van der Waals surface area contributed by atoms with Crippen molar-refractivity contribution >= 4 is 0 Å². The molecule has 0 bridgehead atoms. The fourth-order valence-corrected chi connectivity index (χ4v) is 3.23. The quantitative estimate of drug-likeness (QED) is 0.369. The fourth-order valence-electron chi connectivity index (χ4n) is 3.23. The molecule has 0 saturated carbocycles. The minimum absolute atomic E-state index is 0.0343. The zero-order valence-corrected chi connectivity index (χ0v) is 17.8. The maximum atomic E-state index is 15.0. The second-order valence-corrected chi connectivity index (χ2v) is 7.62. The summed E-state index contributed by atoms with van der Waals surface area (Å²) in [6.45, 7) is 8.41. The summed E-state index contributed by atoms with van der Waals surface area (Å²) < 4.78 is 59.9. The maximum absolute atomic E-state index is 15.0. The van der Waals surface area contributed by atoms with Crippen LogP contribution in [0.4, 0.5) is 13.2 Å². The number of ether oxygens (including phenoxy) is 3. The van der Waals surface area contributed by atoms with Crippen LogP contribution in [0.25, 0.3) is 0 Å². The molecule has 3 nitrogen and oxygen atoms in total. The van der Waals surface area contributed by atoms with Crippen molar-refractivity contribution in [2.45, 2.75) is 47.0 Å². The van der Waals surface area contributed by atoms with Gasteiger partial charge in [-0.05, 0) is 44.7 Å². The first-order chi connectivity index (χ1) is 14.3. The number of halogens is 3. The zero-order chi connectivity index (χ0) is 21.8. The average Bonchev–Trinajstić information content (AvgIpc) is 2.74. The van der Waals surface area contributed by atoms with E-state index < -0.39 is 17.5 Å². The molecule has 1 unspecified atom stereocenters. The van der Waals surface area contributed by atoms with E-state index in [1.807, 2.05) is 6.92 Å². The summed E-state index contributed by atoms with van der Waals surface area (Å²) in [6.07, 6.45) is 4.19. The summed E-state index contributed by atoms with van der Waals surface area (Å²) in [4.78, 5) is 0. The van der Waals surface area contributed by atoms with E-state index in [2.05, 4.69) is 19.9 Å². The summed E-state index contributed by atoms with van der Waals surface area (Å²) >= 11 is 0. The van der Waals surface area contributed by atoms with Crippen molar-refractivity contribution in [3.63, 3.8) is 0 Å². The minimum atomic E-state index is -1.18. The molecule has 1 heterocycles. The third kappa shape index (κ3) is 4.58. The lowest BCUT2D eigenvalue weighted by Gasteiger charge is -2.23. The zero-order valence-electron chi connectivity index (χ0n) is 17.8. The molecule has 0 aliphatic carbocycles. The Morgan fingerprint density at radius 1 is 1.03 bits per heavy atom. The van der Waals surface area contributed by atoms with Crippen LogP contribution >= 0.6 is 0 Å². The number of fused-ring (bicyclic) bond motifs is 2. The van der Waals surface area contributed by atoms with Crippen molar-refractivity contribution in [2.24, 2.45) is 5.92 Å². The molecule has 1 aliphatic heterocycles. The molecule has 2 aromatic rings. The molecule has 0 amide bonds. The van der Waals surface area contributed by atoms with Gasteiger partial charge < -0.3 is 14.2 Å². The smallest absolute Gasteiger partial charge is 0.207 e. The van der Waals surface area contributed by atoms with Gasteiger partial charge in [-0.1, -0.05) is 31.6 Å². The van der Waals surface area contributed by atoms with E-state index >= 15 is 0 Å². The van der Waals surface area contributed by atoms with E-state index in [9.17, 15) is 13.2 Å². The Bertz CT molecular complexity index is 953. The van der Waals surface area contributed by atoms with Crippen molar-refractivity contribution in [2.75, 3.05) is 13.2 Å². The molecule has 0 fully saturated rings. The van der Waals surface area contributed by atoms with Gasteiger partial charge in [0.1, 0.15) is 0 Å². The Morgan fingerprint density at radius 2 is 1.77 bits per heavy atom. The number of allylic oxidation sites excluding steroid dienone is 2. The van der Waals surface area contributed by atoms with Gasteiger partial charge in [0.25, 0.3) is 0 Å². The first-order valence-corrected chi connectivity index (χ1v) is 10.3. The molecule has 1 aliphatic rings. The van der Waals surface area contributed by atoms with Gasteiger partial charge in [-0.25, -0.2) is 0 Å². The van der Waals surface area contributed by atoms with Gasteiger partial charge in [-0.2, -0.15) is 13.2 Å². The van der Waals surface area contributed by atoms with Crippen LogP contribution < -0.4 is 14.2 Å². The third-order valence-corrected chi connectivity index (χ3v) is 5.18. The van der Waals surface area contributed by atoms with Crippen LogP contribution in [-0.4, -0.2) is 13.2 Å². The van der Waals surface area contributed by atoms with Crippen molar-refractivity contribution in [1.29, 1.82) is 0 Å². The first kappa shape index (κ1) is 22.1. The lowest BCUT2D eigenvalue weighted by Crippen LogP contribution is -2.12. The van der Waals surface area contributed by atoms with Gasteiger partial charge in [-0.3, -0.25) is 0 Å². The lowest BCUT2D eigenvalue weighted by molar-refractivity contribution is 0.246. The Kier molecular flexibility index (Phi) is 6.95. The Morgan fingerprint density at radius 3 is 2.47 bits per heavy atom. The van der Waals surface area contributed by atoms with Crippen LogP contribution in [0, 0.1) is 23.4 Å². The molecule has 0 saturated heterocycles. The number of rotatable bonds is 8. The second kappa shape index (κ2) is 9.45. The normalized spacial score (nSPS) is 13.9. The van der Waals surface area contributed by atoms with Crippen molar-refractivity contribution < 1.29 is 27.4 Å². The molecule has 3 rings (SSSR count). The van der Waals surface area contributed by atoms with Gasteiger partial charge in [0.15, 0.2) is 23.0 Å². The molecule has 1 atom stereocenters. The van der Waals surface area contributed by atoms with E-state index in [4.69, 9.17) is 14.2 Å². The van der Waals surface area contributed by atoms with Crippen molar-refractivity contribution in [3.8, 4) is 23.0 Å². The molecule has 0 N–H and O–H groups in total. The van der Waals surface area contributed by atoms with Gasteiger partial charge >= 0.3 is 0 Å². The summed E-state index contributed by atoms with van der Waals surface area (Å²) in [5, 5.41) is 0. The molecule has 2 aromatic carbocycles. The molecular weight excluding hydrogens is 393 g/mol. The van der Waals surface area contributed by atoms with Gasteiger partial charge in [0, 0.05) is 17.5 Å². The summed E-state index contributed by atoms with van der Waals surface area (Å²) in [6, 6.07) is 4.63. The van der Waals surface area contributed by atoms with Crippen LogP contribution in [0.3, 0.4) is 0 Å². The van der Waals surface area contributed by atoms with Crippen LogP contribution in [-0.2, 0) is 6.42 Å². The highest BCUT2D eigenvalue weighted by atomic mass is 19.2. The molecule has 30 heavy (non-hydrogen) atoms. The predicted molar refractivity (Wildman–Crippen MR) is 110 cm³/mol. The standard InChI is InChI=1S/C24H27F3O3/c1-5-14(3)7-8-15(4)13-29-18-10-9-16-11-17-12-19(28-6-2)20(25)22(27)24(17)30-23(16)21(18)26/h7,9-10,12,15H,5-6,8,11,13H2,1-4H3/b14-7+. The molecule has 0 spiro atoms. The van der Waals surface area contributed by atoms with E-state index in [1.54, 1.807) is 19.1 Å². The largest absolute Gasteiger partial charge is 0.491 e. The second-order valence-electron chi connectivity index (χ2n) is 7.62. The first-order valence-electron chi connectivity index (χ1n) is 10.3. The monoisotopic (exact) mass is 420 g/mol. The highest BCUT2D eigenvalue weighted by Crippen LogP contribution is 2.44. The average molecular weight is 420 g/mol. The highest BCUT2D eigenvalue weighted by molar-refractivity contribution is 5.55. The number of hydrogen-bond acceptors (Lipinski definition) is 3. The lowest BCUT2D eigenvalue weighted by atomic mass is 9.99. The summed E-state index contributed by atoms with van der Waals surface area (Å²) in [7, 11) is 0. The summed E-state index contributed by atoms with van der Waals surface area (Å²) in [5.74, 6) is -3.42. The van der Waals surface area contributed by atoms with Crippen LogP contribution in [0.5, 0.6) is 23.0 Å². The predicted octanol–water partition coefficient (Wildman–Crippen LogP) is 6.96. The van der Waals surface area contributed by atoms with Gasteiger partial charge in [0.2, 0.25) is 17.5 Å². The van der Waals surface area contributed by atoms with Crippen molar-refractivity contribution in [1.82, 2.24) is 0 Å². The van der Waals surface area contributed by atoms with Crippen LogP contribution in [0.15, 0.2) is 29.8 Å². The third-order valence-electron chi connectivity index (χ3n) is 5.18. The van der Waals surface area contributed by atoms with E-state index in [-0.39, 0.29) is 41.9 Å². The number of hydrogen-bond donors (Lipinski definition) is 0. The van der Waals surface area contributed by atoms with Gasteiger partial charge in [-0.15, -0.1) is 0 Å². The fraction of sp³-hybridized carbons (Fsp3) is 0.417. The molecule has 162 valence electrons. The van der Waals surface area contributed by atoms with E-state index in [0.29, 0.717) is 17.7 Å². The Hall–Kier alpha value is -2.63. The maximum Gasteiger partial charge on any atom is 0.207 e. The van der Waals surface area contributed by atoms with E-state index in [0.717, 1.165) is 12.8 Å². The molecular formula is C24H27F3O3. The van der Waals surface area contributed by atoms with Crippen LogP contribution in [0.1, 0.15) is 51.7 Å². The SMILES string of the molecule is CCOc1cc2c(c(F)c1F)Oc1c(ccc(OCC(C)C/C=C(\C)CC)c1F)C2.